The van der Waals surface area contributed by atoms with Crippen molar-refractivity contribution >= 4 is 11.9 Å². The van der Waals surface area contributed by atoms with E-state index in [2.05, 4.69) is 10.6 Å². The highest BCUT2D eigenvalue weighted by atomic mass is 16.5. The first-order valence-corrected chi connectivity index (χ1v) is 8.60. The zero-order valence-corrected chi connectivity index (χ0v) is 14.2. The Labute approximate surface area is 142 Å². The molecule has 6 nitrogen and oxygen atoms in total. The second kappa shape index (κ2) is 7.11. The molecule has 0 aromatic heterocycles. The van der Waals surface area contributed by atoms with Gasteiger partial charge in [0.05, 0.1) is 13.0 Å². The number of nitrogens with one attached hydrogen (secondary N) is 2. The predicted octanol–water partition coefficient (Wildman–Crippen LogP) is 1.72. The fraction of sp³-hybridized carbons (Fsp3) is 0.556. The first-order chi connectivity index (χ1) is 11.6. The van der Waals surface area contributed by atoms with Crippen molar-refractivity contribution < 1.29 is 14.3 Å². The Balaban J connectivity index is 1.84. The maximum atomic E-state index is 12.7. The molecular weight excluding hydrogens is 306 g/mol. The van der Waals surface area contributed by atoms with Gasteiger partial charge in [0.15, 0.2) is 0 Å². The van der Waals surface area contributed by atoms with Gasteiger partial charge < -0.3 is 20.3 Å². The van der Waals surface area contributed by atoms with E-state index < -0.39 is 0 Å². The highest BCUT2D eigenvalue weighted by Gasteiger charge is 2.42. The molecule has 130 valence electrons. The molecule has 1 heterocycles. The van der Waals surface area contributed by atoms with Crippen molar-refractivity contribution in [1.82, 2.24) is 15.5 Å². The molecule has 2 atom stereocenters. The minimum Gasteiger partial charge on any atom is -0.496 e. The second-order valence-electron chi connectivity index (χ2n) is 6.48. The predicted molar refractivity (Wildman–Crippen MR) is 91.0 cm³/mol. The van der Waals surface area contributed by atoms with Crippen molar-refractivity contribution in [3.8, 4) is 5.75 Å². The van der Waals surface area contributed by atoms with Gasteiger partial charge in [0.2, 0.25) is 5.91 Å². The number of hydrogen-bond donors (Lipinski definition) is 2. The van der Waals surface area contributed by atoms with E-state index >= 15 is 0 Å². The molecule has 0 spiro atoms. The van der Waals surface area contributed by atoms with E-state index in [0.717, 1.165) is 24.2 Å². The third-order valence-electron chi connectivity index (χ3n) is 4.73. The van der Waals surface area contributed by atoms with Gasteiger partial charge >= 0.3 is 6.03 Å². The van der Waals surface area contributed by atoms with E-state index in [1.807, 2.05) is 31.2 Å². The summed E-state index contributed by atoms with van der Waals surface area (Å²) in [5, 5.41) is 5.91. The largest absolute Gasteiger partial charge is 0.496 e. The van der Waals surface area contributed by atoms with Crippen LogP contribution in [0.5, 0.6) is 5.75 Å². The van der Waals surface area contributed by atoms with Gasteiger partial charge in [-0.1, -0.05) is 18.2 Å². The normalized spacial score (nSPS) is 23.0. The van der Waals surface area contributed by atoms with Gasteiger partial charge in [0.1, 0.15) is 5.75 Å². The van der Waals surface area contributed by atoms with Crippen LogP contribution in [0.3, 0.4) is 0 Å². The molecule has 1 saturated carbocycles. The number of likely N-dealkylation sites (tertiary alicyclic amines) is 1. The third-order valence-corrected chi connectivity index (χ3v) is 4.73. The first kappa shape index (κ1) is 16.6. The lowest BCUT2D eigenvalue weighted by Crippen LogP contribution is -2.40. The van der Waals surface area contributed by atoms with Crippen LogP contribution in [-0.4, -0.2) is 49.6 Å². The standard InChI is InChI=1S/C18H25N3O3/c1-3-19-18(23)21-10-14(13-6-4-5-7-16(13)24-2)15(11-21)17(22)20-12-8-9-12/h4-7,12,14-15H,3,8-11H2,1-2H3,(H,19,23)(H,20,22)/t14-,15+/m0/s1. The Hall–Kier alpha value is -2.24. The number of nitrogens with zero attached hydrogens (tertiary/aromatic N) is 1. The van der Waals surface area contributed by atoms with E-state index in [-0.39, 0.29) is 23.8 Å². The van der Waals surface area contributed by atoms with Crippen LogP contribution in [-0.2, 0) is 4.79 Å². The number of carbonyl (C=O) groups is 2. The fourth-order valence-corrected chi connectivity index (χ4v) is 3.32. The molecule has 1 aliphatic heterocycles. The minimum atomic E-state index is -0.246. The van der Waals surface area contributed by atoms with Gasteiger partial charge in [-0.15, -0.1) is 0 Å². The van der Waals surface area contributed by atoms with E-state index in [9.17, 15) is 9.59 Å². The molecule has 0 unspecified atom stereocenters. The summed E-state index contributed by atoms with van der Waals surface area (Å²) in [6.07, 6.45) is 2.11. The van der Waals surface area contributed by atoms with E-state index in [0.29, 0.717) is 25.7 Å². The molecular formula is C18H25N3O3. The van der Waals surface area contributed by atoms with Crippen molar-refractivity contribution in [2.24, 2.45) is 5.92 Å². The fourth-order valence-electron chi connectivity index (χ4n) is 3.32. The number of rotatable bonds is 5. The van der Waals surface area contributed by atoms with Crippen LogP contribution in [0.2, 0.25) is 0 Å². The van der Waals surface area contributed by atoms with E-state index in [1.54, 1.807) is 12.0 Å². The van der Waals surface area contributed by atoms with Crippen LogP contribution in [0.4, 0.5) is 4.79 Å². The van der Waals surface area contributed by atoms with Crippen molar-refractivity contribution in [1.29, 1.82) is 0 Å². The molecule has 2 N–H and O–H groups in total. The summed E-state index contributed by atoms with van der Waals surface area (Å²) in [4.78, 5) is 26.7. The number of amides is 3. The second-order valence-corrected chi connectivity index (χ2v) is 6.48. The Bertz CT molecular complexity index is 615. The summed E-state index contributed by atoms with van der Waals surface area (Å²) in [7, 11) is 1.63. The maximum absolute atomic E-state index is 12.7. The van der Waals surface area contributed by atoms with Crippen molar-refractivity contribution in [3.63, 3.8) is 0 Å². The Morgan fingerprint density at radius 3 is 2.67 bits per heavy atom. The van der Waals surface area contributed by atoms with Crippen LogP contribution >= 0.6 is 0 Å². The SMILES string of the molecule is CCNC(=O)N1C[C@@H](C(=O)NC2CC2)[C@H](c2ccccc2OC)C1. The van der Waals surface area contributed by atoms with Crippen molar-refractivity contribution in [2.75, 3.05) is 26.7 Å². The molecule has 3 rings (SSSR count). The molecule has 0 radical (unpaired) electrons. The van der Waals surface area contributed by atoms with Gasteiger partial charge in [0, 0.05) is 31.6 Å². The lowest BCUT2D eigenvalue weighted by atomic mass is 9.87. The number of para-hydroxylation sites is 1. The Morgan fingerprint density at radius 1 is 1.25 bits per heavy atom. The van der Waals surface area contributed by atoms with Crippen LogP contribution in [0.1, 0.15) is 31.2 Å². The summed E-state index contributed by atoms with van der Waals surface area (Å²) in [5.41, 5.74) is 0.989. The maximum Gasteiger partial charge on any atom is 0.317 e. The van der Waals surface area contributed by atoms with E-state index in [4.69, 9.17) is 4.74 Å². The molecule has 24 heavy (non-hydrogen) atoms. The number of carbonyl (C=O) groups excluding carboxylic acids is 2. The molecule has 3 amide bonds. The molecule has 2 aliphatic rings. The summed E-state index contributed by atoms with van der Waals surface area (Å²) in [5.74, 6) is 0.511. The van der Waals surface area contributed by atoms with Gasteiger partial charge in [-0.05, 0) is 31.4 Å². The molecule has 6 heteroatoms. The molecule has 1 aromatic carbocycles. The molecule has 2 fully saturated rings. The van der Waals surface area contributed by atoms with Gasteiger partial charge in [0.25, 0.3) is 0 Å². The zero-order chi connectivity index (χ0) is 17.1. The number of methoxy groups -OCH3 is 1. The first-order valence-electron chi connectivity index (χ1n) is 8.60. The van der Waals surface area contributed by atoms with E-state index in [1.165, 1.54) is 0 Å². The smallest absolute Gasteiger partial charge is 0.317 e. The van der Waals surface area contributed by atoms with Crippen LogP contribution < -0.4 is 15.4 Å². The lowest BCUT2D eigenvalue weighted by Gasteiger charge is -2.20. The number of benzene rings is 1. The average Bonchev–Trinajstić information content (AvgIpc) is 3.29. The Morgan fingerprint density at radius 2 is 2.00 bits per heavy atom. The molecule has 1 saturated heterocycles. The van der Waals surface area contributed by atoms with Crippen molar-refractivity contribution in [2.45, 2.75) is 31.7 Å². The summed E-state index contributed by atoms with van der Waals surface area (Å²) in [6.45, 7) is 3.43. The topological polar surface area (TPSA) is 70.7 Å². The van der Waals surface area contributed by atoms with Gasteiger partial charge in [-0.25, -0.2) is 4.79 Å². The number of ether oxygens (including phenoxy) is 1. The van der Waals surface area contributed by atoms with Gasteiger partial charge in [-0.2, -0.15) is 0 Å². The highest BCUT2D eigenvalue weighted by molar-refractivity contribution is 5.83. The molecule has 1 aliphatic carbocycles. The average molecular weight is 331 g/mol. The summed E-state index contributed by atoms with van der Waals surface area (Å²) < 4.78 is 5.47. The Kier molecular flexibility index (Phi) is 4.92. The van der Waals surface area contributed by atoms with Crippen LogP contribution in [0.15, 0.2) is 24.3 Å². The summed E-state index contributed by atoms with van der Waals surface area (Å²) in [6, 6.07) is 7.95. The number of hydrogen-bond acceptors (Lipinski definition) is 3. The lowest BCUT2D eigenvalue weighted by molar-refractivity contribution is -0.125. The molecule has 0 bridgehead atoms. The van der Waals surface area contributed by atoms with Crippen LogP contribution in [0, 0.1) is 5.92 Å². The quantitative estimate of drug-likeness (QED) is 0.863. The van der Waals surface area contributed by atoms with Crippen LogP contribution in [0.25, 0.3) is 0 Å². The zero-order valence-electron chi connectivity index (χ0n) is 14.2. The third kappa shape index (κ3) is 3.47. The monoisotopic (exact) mass is 331 g/mol. The number of urea groups is 1. The molecule has 1 aromatic rings. The van der Waals surface area contributed by atoms with Crippen molar-refractivity contribution in [3.05, 3.63) is 29.8 Å². The minimum absolute atomic E-state index is 0.0419. The van der Waals surface area contributed by atoms with Gasteiger partial charge in [-0.3, -0.25) is 4.79 Å². The summed E-state index contributed by atoms with van der Waals surface area (Å²) >= 11 is 0. The highest BCUT2D eigenvalue weighted by Crippen LogP contribution is 2.38.